The number of hydrogen-bond donors (Lipinski definition) is 0. The third kappa shape index (κ3) is 4.70. The van der Waals surface area contributed by atoms with Crippen LogP contribution >= 0.6 is 0 Å². The Morgan fingerprint density at radius 3 is 2.92 bits per heavy atom. The third-order valence-corrected chi connectivity index (χ3v) is 5.40. The monoisotopic (exact) mass is 338 g/mol. The van der Waals surface area contributed by atoms with Crippen LogP contribution < -0.4 is 0 Å². The van der Waals surface area contributed by atoms with Crippen molar-refractivity contribution in [2.75, 3.05) is 6.54 Å². The van der Waals surface area contributed by atoms with Crippen molar-refractivity contribution >= 4 is 0 Å². The Morgan fingerprint density at radius 1 is 1.40 bits per heavy atom. The molecule has 0 amide bonds. The van der Waals surface area contributed by atoms with Crippen molar-refractivity contribution in [3.05, 3.63) is 66.0 Å². The lowest BCUT2D eigenvalue weighted by molar-refractivity contribution is 0.0810. The highest BCUT2D eigenvalue weighted by molar-refractivity contribution is 5.32. The number of allylic oxidation sites excluding steroid dienone is 3. The summed E-state index contributed by atoms with van der Waals surface area (Å²) in [6.07, 6.45) is 16.3. The van der Waals surface area contributed by atoms with Gasteiger partial charge in [-0.2, -0.15) is 0 Å². The van der Waals surface area contributed by atoms with Crippen LogP contribution in [0.15, 0.2) is 54.8 Å². The Hall–Kier alpha value is -1.67. The van der Waals surface area contributed by atoms with Gasteiger partial charge in [0.25, 0.3) is 0 Å². The first-order valence-corrected chi connectivity index (χ1v) is 9.71. The van der Waals surface area contributed by atoms with Gasteiger partial charge >= 0.3 is 0 Å². The molecule has 1 aliphatic rings. The maximum Gasteiger partial charge on any atom is 0.0607 e. The lowest BCUT2D eigenvalue weighted by atomic mass is 9.84. The second-order valence-electron chi connectivity index (χ2n) is 7.47. The first kappa shape index (κ1) is 19.7. The molecule has 0 N–H and O–H groups in total. The molecule has 1 aromatic heterocycles. The van der Waals surface area contributed by atoms with Gasteiger partial charge in [0.2, 0.25) is 0 Å². The van der Waals surface area contributed by atoms with Crippen molar-refractivity contribution in [1.82, 2.24) is 9.88 Å². The van der Waals surface area contributed by atoms with Gasteiger partial charge in [-0.15, -0.1) is 0 Å². The van der Waals surface area contributed by atoms with E-state index in [0.717, 1.165) is 18.5 Å². The van der Waals surface area contributed by atoms with Gasteiger partial charge in [0, 0.05) is 11.7 Å². The van der Waals surface area contributed by atoms with Crippen LogP contribution in [-0.2, 0) is 6.42 Å². The maximum atomic E-state index is 4.78. The lowest BCUT2D eigenvalue weighted by Gasteiger charge is -2.46. The number of fused-ring (bicyclic) bond motifs is 1. The van der Waals surface area contributed by atoms with Gasteiger partial charge in [-0.25, -0.2) is 0 Å². The summed E-state index contributed by atoms with van der Waals surface area (Å²) in [7, 11) is 0. The molecule has 1 atom stereocenters. The van der Waals surface area contributed by atoms with Crippen LogP contribution in [0.5, 0.6) is 0 Å². The Bertz CT molecular complexity index is 625. The van der Waals surface area contributed by atoms with Gasteiger partial charge < -0.3 is 0 Å². The van der Waals surface area contributed by atoms with Gasteiger partial charge in [-0.05, 0) is 70.2 Å². The number of rotatable bonds is 8. The first-order valence-electron chi connectivity index (χ1n) is 9.71. The number of hydrogen-bond acceptors (Lipinski definition) is 2. The van der Waals surface area contributed by atoms with Crippen molar-refractivity contribution in [3.8, 4) is 0 Å². The van der Waals surface area contributed by atoms with Crippen LogP contribution in [0, 0.1) is 0 Å². The van der Waals surface area contributed by atoms with Crippen molar-refractivity contribution < 1.29 is 0 Å². The molecule has 2 nitrogen and oxygen atoms in total. The molecular formula is C23H34N2. The summed E-state index contributed by atoms with van der Waals surface area (Å²) in [6.45, 7) is 14.4. The fourth-order valence-electron chi connectivity index (χ4n) is 3.71. The second kappa shape index (κ2) is 9.15. The predicted molar refractivity (Wildman–Crippen MR) is 109 cm³/mol. The fourth-order valence-corrected chi connectivity index (χ4v) is 3.71. The predicted octanol–water partition coefficient (Wildman–Crippen LogP) is 6.03. The van der Waals surface area contributed by atoms with E-state index in [1.165, 1.54) is 36.9 Å². The SMILES string of the molecule is C=C(/C=C\C=C/C)C(C)(C)N(CCCC)C1CCCc2cccnc21. The molecule has 0 radical (unpaired) electrons. The molecule has 0 fully saturated rings. The molecule has 1 heterocycles. The summed E-state index contributed by atoms with van der Waals surface area (Å²) < 4.78 is 0. The molecule has 0 saturated carbocycles. The minimum Gasteiger partial charge on any atom is -0.286 e. The molecule has 0 spiro atoms. The van der Waals surface area contributed by atoms with Crippen LogP contribution in [0.2, 0.25) is 0 Å². The van der Waals surface area contributed by atoms with Gasteiger partial charge in [-0.1, -0.05) is 50.3 Å². The molecular weight excluding hydrogens is 304 g/mol. The van der Waals surface area contributed by atoms with E-state index in [0.29, 0.717) is 6.04 Å². The summed E-state index contributed by atoms with van der Waals surface area (Å²) in [4.78, 5) is 7.42. The maximum absolute atomic E-state index is 4.78. The zero-order chi connectivity index (χ0) is 18.3. The molecule has 1 aliphatic carbocycles. The molecule has 1 aromatic rings. The molecule has 0 saturated heterocycles. The summed E-state index contributed by atoms with van der Waals surface area (Å²) in [6, 6.07) is 4.71. The van der Waals surface area contributed by atoms with E-state index in [9.17, 15) is 0 Å². The zero-order valence-electron chi connectivity index (χ0n) is 16.5. The minimum absolute atomic E-state index is 0.0932. The van der Waals surface area contributed by atoms with Gasteiger partial charge in [-0.3, -0.25) is 9.88 Å². The Balaban J connectivity index is 2.34. The van der Waals surface area contributed by atoms with Crippen LogP contribution in [-0.4, -0.2) is 22.0 Å². The van der Waals surface area contributed by atoms with Crippen molar-refractivity contribution in [2.45, 2.75) is 71.4 Å². The summed E-state index contributed by atoms with van der Waals surface area (Å²) >= 11 is 0. The second-order valence-corrected chi connectivity index (χ2v) is 7.47. The topological polar surface area (TPSA) is 16.1 Å². The number of aryl methyl sites for hydroxylation is 1. The first-order chi connectivity index (χ1) is 12.0. The van der Waals surface area contributed by atoms with E-state index in [1.807, 2.05) is 19.2 Å². The Labute approximate surface area is 154 Å². The van der Waals surface area contributed by atoms with Gasteiger partial charge in [0.05, 0.1) is 11.7 Å². The van der Waals surface area contributed by atoms with Crippen LogP contribution in [0.3, 0.4) is 0 Å². The normalized spacial score (nSPS) is 18.2. The van der Waals surface area contributed by atoms with Crippen LogP contribution in [0.1, 0.15) is 70.7 Å². The molecule has 0 aromatic carbocycles. The van der Waals surface area contributed by atoms with Crippen molar-refractivity contribution in [3.63, 3.8) is 0 Å². The van der Waals surface area contributed by atoms with Crippen LogP contribution in [0.4, 0.5) is 0 Å². The lowest BCUT2D eigenvalue weighted by Crippen LogP contribution is -2.48. The van der Waals surface area contributed by atoms with Crippen LogP contribution in [0.25, 0.3) is 0 Å². The smallest absolute Gasteiger partial charge is 0.0607 e. The number of unbranched alkanes of at least 4 members (excludes halogenated alkanes) is 1. The molecule has 136 valence electrons. The highest BCUT2D eigenvalue weighted by Crippen LogP contribution is 2.39. The number of nitrogens with zero attached hydrogens (tertiary/aromatic N) is 2. The van der Waals surface area contributed by atoms with E-state index >= 15 is 0 Å². The average Bonchev–Trinajstić information content (AvgIpc) is 2.62. The molecule has 2 heteroatoms. The van der Waals surface area contributed by atoms with E-state index < -0.39 is 0 Å². The third-order valence-electron chi connectivity index (χ3n) is 5.40. The molecule has 1 unspecified atom stereocenters. The van der Waals surface area contributed by atoms with E-state index in [2.05, 4.69) is 62.6 Å². The highest BCUT2D eigenvalue weighted by Gasteiger charge is 2.36. The summed E-state index contributed by atoms with van der Waals surface area (Å²) in [5.74, 6) is 0. The number of pyridine rings is 1. The molecule has 25 heavy (non-hydrogen) atoms. The minimum atomic E-state index is -0.0932. The fraction of sp³-hybridized carbons (Fsp3) is 0.522. The van der Waals surface area contributed by atoms with Crippen molar-refractivity contribution in [2.24, 2.45) is 0 Å². The van der Waals surface area contributed by atoms with E-state index in [4.69, 9.17) is 4.98 Å². The van der Waals surface area contributed by atoms with Crippen molar-refractivity contribution in [1.29, 1.82) is 0 Å². The van der Waals surface area contributed by atoms with E-state index in [1.54, 1.807) is 0 Å². The standard InChI is InChI=1S/C23H34N2/c1-6-8-10-13-19(3)23(4,5)25(18-9-7-2)21-16-11-14-20-15-12-17-24-22(20)21/h6,8,10,12-13,15,17,21H,3,7,9,11,14,16,18H2,1-2,4-5H3/b8-6-,13-10-. The summed E-state index contributed by atoms with van der Waals surface area (Å²) in [5, 5.41) is 0. The Kier molecular flexibility index (Phi) is 7.19. The van der Waals surface area contributed by atoms with Gasteiger partial charge in [0.15, 0.2) is 0 Å². The molecule has 0 aliphatic heterocycles. The summed E-state index contributed by atoms with van der Waals surface area (Å²) in [5.41, 5.74) is 3.77. The molecule has 0 bridgehead atoms. The largest absolute Gasteiger partial charge is 0.286 e. The van der Waals surface area contributed by atoms with E-state index in [-0.39, 0.29) is 5.54 Å². The Morgan fingerprint density at radius 2 is 2.20 bits per heavy atom. The average molecular weight is 339 g/mol. The zero-order valence-corrected chi connectivity index (χ0v) is 16.5. The number of aromatic nitrogens is 1. The molecule has 2 rings (SSSR count). The quantitative estimate of drug-likeness (QED) is 0.538. The van der Waals surface area contributed by atoms with Gasteiger partial charge in [0.1, 0.15) is 0 Å². The highest BCUT2D eigenvalue weighted by atomic mass is 15.2.